The van der Waals surface area contributed by atoms with Crippen LogP contribution in [0.2, 0.25) is 0 Å². The quantitative estimate of drug-likeness (QED) is 0.687. The summed E-state index contributed by atoms with van der Waals surface area (Å²) in [5, 5.41) is 11.1. The minimum Gasteiger partial charge on any atom is -0.480 e. The first-order valence-corrected chi connectivity index (χ1v) is 3.47. The third-order valence-corrected chi connectivity index (χ3v) is 1.43. The Morgan fingerprint density at radius 3 is 2.08 bits per heavy atom. The molecule has 13 heavy (non-hydrogen) atoms. The fourth-order valence-electron chi connectivity index (χ4n) is 0.739. The molecule has 0 heterocycles. The Bertz CT molecular complexity index is 157. The van der Waals surface area contributed by atoms with Gasteiger partial charge in [0, 0.05) is 6.42 Å². The first-order valence-electron chi connectivity index (χ1n) is 3.47. The zero-order valence-corrected chi connectivity index (χ0v) is 6.76. The van der Waals surface area contributed by atoms with Gasteiger partial charge in [-0.25, -0.2) is 0 Å². The predicted octanol–water partition coefficient (Wildman–Crippen LogP) is 1.30. The Hall–Kier alpha value is -0.900. The summed E-state index contributed by atoms with van der Waals surface area (Å²) in [6, 6.07) is -0.598. The summed E-state index contributed by atoms with van der Waals surface area (Å²) in [6.45, 7) is 1.45. The molecular weight excluding hydrogens is 170 g/mol. The van der Waals surface area contributed by atoms with Gasteiger partial charge in [-0.3, -0.25) is 4.79 Å². The summed E-state index contributed by atoms with van der Waals surface area (Å²) in [5.74, 6) is -0.889. The van der Waals surface area contributed by atoms with Gasteiger partial charge < -0.3 is 15.2 Å². The number of carbonyl (C=O) groups is 2. The number of hydrogen-bond donors (Lipinski definition) is 2. The van der Waals surface area contributed by atoms with E-state index in [0.29, 0.717) is 12.8 Å². The van der Waals surface area contributed by atoms with E-state index >= 15 is 0 Å². The highest BCUT2D eigenvalue weighted by Crippen LogP contribution is 1.97. The van der Waals surface area contributed by atoms with Crippen LogP contribution in [0.5, 0.6) is 0 Å². The number of likely N-dealkylation sites (N-methyl/N-ethyl adjacent to an activating group) is 1. The van der Waals surface area contributed by atoms with Crippen molar-refractivity contribution in [2.45, 2.75) is 40.7 Å². The number of aliphatic carboxylic acids is 1. The molecule has 0 rings (SSSR count). The maximum atomic E-state index is 10.5. The average Bonchev–Trinajstić information content (AvgIpc) is 1.87. The monoisotopic (exact) mass is 191 g/mol. The SMILES string of the molecule is C.C.CNC(CCC(C)=O)C(=O)O. The number of ketones is 1. The molecule has 4 heteroatoms. The fraction of sp³-hybridized carbons (Fsp3) is 0.778. The molecule has 1 unspecified atom stereocenters. The molecule has 0 radical (unpaired) electrons. The first-order chi connectivity index (χ1) is 5.07. The Labute approximate surface area is 80.3 Å². The van der Waals surface area contributed by atoms with E-state index in [9.17, 15) is 9.59 Å². The lowest BCUT2D eigenvalue weighted by molar-refractivity contribution is -0.139. The van der Waals surface area contributed by atoms with Gasteiger partial charge in [0.1, 0.15) is 11.8 Å². The molecule has 0 fully saturated rings. The molecule has 0 aromatic carbocycles. The summed E-state index contributed by atoms with van der Waals surface area (Å²) in [6.07, 6.45) is 0.680. The lowest BCUT2D eigenvalue weighted by atomic mass is 10.1. The van der Waals surface area contributed by atoms with Crippen molar-refractivity contribution >= 4 is 11.8 Å². The van der Waals surface area contributed by atoms with E-state index < -0.39 is 12.0 Å². The predicted molar refractivity (Wildman–Crippen MR) is 53.9 cm³/mol. The summed E-state index contributed by atoms with van der Waals surface area (Å²) in [7, 11) is 1.57. The van der Waals surface area contributed by atoms with Gasteiger partial charge in [0.05, 0.1) is 0 Å². The number of rotatable bonds is 5. The molecule has 0 aliphatic rings. The van der Waals surface area contributed by atoms with Crippen molar-refractivity contribution in [3.05, 3.63) is 0 Å². The summed E-state index contributed by atoms with van der Waals surface area (Å²) in [5.41, 5.74) is 0. The third kappa shape index (κ3) is 9.01. The number of hydrogen-bond acceptors (Lipinski definition) is 3. The summed E-state index contributed by atoms with van der Waals surface area (Å²) >= 11 is 0. The second kappa shape index (κ2) is 9.19. The smallest absolute Gasteiger partial charge is 0.320 e. The van der Waals surface area contributed by atoms with E-state index in [0.717, 1.165) is 0 Å². The van der Waals surface area contributed by atoms with Gasteiger partial charge in [0.15, 0.2) is 0 Å². The van der Waals surface area contributed by atoms with Crippen LogP contribution in [-0.2, 0) is 9.59 Å². The molecule has 0 aromatic rings. The molecule has 1 atom stereocenters. The minimum atomic E-state index is -0.909. The molecule has 0 aliphatic carbocycles. The van der Waals surface area contributed by atoms with Gasteiger partial charge in [-0.2, -0.15) is 0 Å². The number of Topliss-reactive ketones (excluding diaryl/α,β-unsaturated/α-hetero) is 1. The van der Waals surface area contributed by atoms with Crippen LogP contribution in [0.1, 0.15) is 34.6 Å². The molecule has 0 amide bonds. The molecular formula is C9H21NO3. The average molecular weight is 191 g/mol. The van der Waals surface area contributed by atoms with Gasteiger partial charge in [0.25, 0.3) is 0 Å². The zero-order valence-electron chi connectivity index (χ0n) is 6.76. The van der Waals surface area contributed by atoms with Crippen molar-refractivity contribution < 1.29 is 14.7 Å². The van der Waals surface area contributed by atoms with Crippen molar-refractivity contribution in [3.63, 3.8) is 0 Å². The molecule has 0 aliphatic heterocycles. The van der Waals surface area contributed by atoms with E-state index in [1.54, 1.807) is 7.05 Å². The summed E-state index contributed by atoms with van der Waals surface area (Å²) in [4.78, 5) is 20.8. The molecule has 80 valence electrons. The second-order valence-corrected chi connectivity index (χ2v) is 2.42. The van der Waals surface area contributed by atoms with Gasteiger partial charge in [-0.1, -0.05) is 14.9 Å². The number of carboxylic acids is 1. The van der Waals surface area contributed by atoms with Crippen LogP contribution < -0.4 is 5.32 Å². The lowest BCUT2D eigenvalue weighted by Crippen LogP contribution is -2.34. The Balaban J connectivity index is -0.000000500. The van der Waals surface area contributed by atoms with Crippen LogP contribution in [0.25, 0.3) is 0 Å². The standard InChI is InChI=1S/C7H13NO3.2CH4/c1-5(9)3-4-6(8-2)7(10)11;;/h6,8H,3-4H2,1-2H3,(H,10,11);2*1H4. The van der Waals surface area contributed by atoms with Crippen LogP contribution >= 0.6 is 0 Å². The molecule has 0 saturated carbocycles. The summed E-state index contributed by atoms with van der Waals surface area (Å²) < 4.78 is 0. The van der Waals surface area contributed by atoms with Crippen molar-refractivity contribution in [1.29, 1.82) is 0 Å². The van der Waals surface area contributed by atoms with E-state index in [2.05, 4.69) is 5.32 Å². The minimum absolute atomic E-state index is 0. The van der Waals surface area contributed by atoms with Crippen molar-refractivity contribution in [2.75, 3.05) is 7.05 Å². The van der Waals surface area contributed by atoms with Crippen LogP contribution in [0, 0.1) is 0 Å². The molecule has 0 bridgehead atoms. The van der Waals surface area contributed by atoms with Crippen molar-refractivity contribution in [3.8, 4) is 0 Å². The highest BCUT2D eigenvalue weighted by Gasteiger charge is 2.14. The molecule has 0 aromatic heterocycles. The lowest BCUT2D eigenvalue weighted by Gasteiger charge is -2.08. The number of nitrogens with one attached hydrogen (secondary N) is 1. The van der Waals surface area contributed by atoms with Crippen LogP contribution in [-0.4, -0.2) is 29.9 Å². The molecule has 2 N–H and O–H groups in total. The highest BCUT2D eigenvalue weighted by atomic mass is 16.4. The van der Waals surface area contributed by atoms with E-state index in [-0.39, 0.29) is 20.6 Å². The molecule has 4 nitrogen and oxygen atoms in total. The second-order valence-electron chi connectivity index (χ2n) is 2.42. The van der Waals surface area contributed by atoms with Gasteiger partial charge in [-0.05, 0) is 20.4 Å². The van der Waals surface area contributed by atoms with Gasteiger partial charge in [0.2, 0.25) is 0 Å². The third-order valence-electron chi connectivity index (χ3n) is 1.43. The maximum Gasteiger partial charge on any atom is 0.320 e. The normalized spacial score (nSPS) is 10.6. The van der Waals surface area contributed by atoms with Crippen molar-refractivity contribution in [2.24, 2.45) is 0 Å². The van der Waals surface area contributed by atoms with Crippen LogP contribution in [0.4, 0.5) is 0 Å². The van der Waals surface area contributed by atoms with E-state index in [1.807, 2.05) is 0 Å². The fourth-order valence-corrected chi connectivity index (χ4v) is 0.739. The van der Waals surface area contributed by atoms with E-state index in [1.165, 1.54) is 6.92 Å². The number of carbonyl (C=O) groups excluding carboxylic acids is 1. The zero-order chi connectivity index (χ0) is 8.85. The topological polar surface area (TPSA) is 66.4 Å². The molecule has 0 spiro atoms. The van der Waals surface area contributed by atoms with Gasteiger partial charge in [-0.15, -0.1) is 0 Å². The first kappa shape index (κ1) is 18.0. The van der Waals surface area contributed by atoms with E-state index in [4.69, 9.17) is 5.11 Å². The van der Waals surface area contributed by atoms with Crippen molar-refractivity contribution in [1.82, 2.24) is 5.32 Å². The Morgan fingerprint density at radius 2 is 1.85 bits per heavy atom. The highest BCUT2D eigenvalue weighted by molar-refractivity contribution is 5.78. The largest absolute Gasteiger partial charge is 0.480 e. The van der Waals surface area contributed by atoms with Crippen LogP contribution in [0.3, 0.4) is 0 Å². The Morgan fingerprint density at radius 1 is 1.38 bits per heavy atom. The van der Waals surface area contributed by atoms with Crippen LogP contribution in [0.15, 0.2) is 0 Å². The Kier molecular flexibility index (Phi) is 12.7. The number of carboxylic acid groups (broad SMARTS) is 1. The van der Waals surface area contributed by atoms with Gasteiger partial charge >= 0.3 is 5.97 Å². The maximum absolute atomic E-state index is 10.5. The molecule has 0 saturated heterocycles.